The van der Waals surface area contributed by atoms with E-state index >= 15 is 0 Å². The van der Waals surface area contributed by atoms with Gasteiger partial charge in [-0.25, -0.2) is 0 Å². The predicted molar refractivity (Wildman–Crippen MR) is 273 cm³/mol. The van der Waals surface area contributed by atoms with Crippen LogP contribution in [-0.4, -0.2) is 0 Å². The highest BCUT2D eigenvalue weighted by atomic mass is 15.1. The normalized spacial score (nSPS) is 14.9. The van der Waals surface area contributed by atoms with Gasteiger partial charge < -0.3 is 4.90 Å². The molecule has 0 radical (unpaired) electrons. The SMILES string of the molecule is CC1(C)c2ccccc2-c2cc(N(c3ccc4c(c3)-c3ccccc3C4(c3ccccc3)c3ccccc3)c3cccc4c3-c3ccccc3C4(c3ccccc3)c3ccccc3)ccc21. The van der Waals surface area contributed by atoms with Crippen molar-refractivity contribution in [3.63, 3.8) is 0 Å². The molecule has 0 fully saturated rings. The molecule has 0 unspecified atom stereocenters. The van der Waals surface area contributed by atoms with Crippen LogP contribution in [0.2, 0.25) is 0 Å². The first-order chi connectivity index (χ1) is 32.5. The van der Waals surface area contributed by atoms with Crippen molar-refractivity contribution in [2.24, 2.45) is 0 Å². The van der Waals surface area contributed by atoms with Crippen LogP contribution in [0.15, 0.2) is 249 Å². The molecule has 0 aliphatic heterocycles. The minimum atomic E-state index is -0.529. The van der Waals surface area contributed by atoms with Crippen LogP contribution < -0.4 is 4.90 Å². The fourth-order valence-corrected chi connectivity index (χ4v) is 12.5. The van der Waals surface area contributed by atoms with Gasteiger partial charge in [0.2, 0.25) is 0 Å². The molecule has 0 aromatic heterocycles. The average molecular weight is 842 g/mol. The third-order valence-corrected chi connectivity index (χ3v) is 15.2. The Bertz CT molecular complexity index is 3420. The van der Waals surface area contributed by atoms with Gasteiger partial charge in [-0.3, -0.25) is 0 Å². The van der Waals surface area contributed by atoms with Crippen LogP contribution >= 0.6 is 0 Å². The molecule has 0 N–H and O–H groups in total. The first-order valence-electron chi connectivity index (χ1n) is 23.3. The summed E-state index contributed by atoms with van der Waals surface area (Å²) in [5.74, 6) is 0. The Hall–Kier alpha value is -8.00. The van der Waals surface area contributed by atoms with E-state index in [2.05, 4.69) is 267 Å². The molecule has 1 nitrogen and oxygen atoms in total. The molecule has 13 rings (SSSR count). The van der Waals surface area contributed by atoms with Crippen LogP contribution in [0.3, 0.4) is 0 Å². The molecule has 10 aromatic rings. The lowest BCUT2D eigenvalue weighted by Gasteiger charge is -2.35. The van der Waals surface area contributed by atoms with Gasteiger partial charge in [-0.15, -0.1) is 0 Å². The summed E-state index contributed by atoms with van der Waals surface area (Å²) in [5, 5.41) is 0. The topological polar surface area (TPSA) is 3.24 Å². The second-order valence-corrected chi connectivity index (χ2v) is 18.7. The summed E-state index contributed by atoms with van der Waals surface area (Å²) in [7, 11) is 0. The predicted octanol–water partition coefficient (Wildman–Crippen LogP) is 16.2. The Labute approximate surface area is 388 Å². The number of hydrogen-bond donors (Lipinski definition) is 0. The molecule has 10 aromatic carbocycles. The Kier molecular flexibility index (Phi) is 8.45. The van der Waals surface area contributed by atoms with Crippen LogP contribution in [0.1, 0.15) is 69.5 Å². The Morgan fingerprint density at radius 3 is 1.15 bits per heavy atom. The van der Waals surface area contributed by atoms with E-state index in [9.17, 15) is 0 Å². The maximum Gasteiger partial charge on any atom is 0.0714 e. The van der Waals surface area contributed by atoms with Crippen LogP contribution in [0.4, 0.5) is 17.1 Å². The molecule has 0 bridgehead atoms. The Morgan fingerprint density at radius 2 is 0.621 bits per heavy atom. The standard InChI is InChI=1S/C65H47N/c1-63(2)55-33-18-15-30-50(55)53-42-48(38-40-56(53)63)66(49-39-41-59-54(43-49)51-31-16-19-34-57(51)64(59,44-22-7-3-8-23-44)45-24-9-4-10-25-45)61-37-21-36-60-62(61)52-32-17-20-35-58(52)65(60,46-26-11-5-12-27-46)47-28-13-6-14-29-47/h3-43H,1-2H3. The van der Waals surface area contributed by atoms with E-state index in [4.69, 9.17) is 0 Å². The Balaban J connectivity index is 1.12. The zero-order chi connectivity index (χ0) is 44.0. The highest BCUT2D eigenvalue weighted by Gasteiger charge is 2.49. The van der Waals surface area contributed by atoms with Crippen molar-refractivity contribution in [3.8, 4) is 33.4 Å². The van der Waals surface area contributed by atoms with E-state index in [-0.39, 0.29) is 5.41 Å². The summed E-state index contributed by atoms with van der Waals surface area (Å²) in [4.78, 5) is 2.56. The summed E-state index contributed by atoms with van der Waals surface area (Å²) >= 11 is 0. The lowest BCUT2D eigenvalue weighted by molar-refractivity contribution is 0.660. The fraction of sp³-hybridized carbons (Fsp3) is 0.0769. The van der Waals surface area contributed by atoms with Crippen LogP contribution in [0.5, 0.6) is 0 Å². The molecule has 3 aliphatic carbocycles. The van der Waals surface area contributed by atoms with Gasteiger partial charge in [0.05, 0.1) is 16.5 Å². The van der Waals surface area contributed by atoms with Gasteiger partial charge in [0, 0.05) is 22.4 Å². The molecule has 312 valence electrons. The van der Waals surface area contributed by atoms with E-state index in [0.29, 0.717) is 0 Å². The lowest BCUT2D eigenvalue weighted by Crippen LogP contribution is -2.28. The second-order valence-electron chi connectivity index (χ2n) is 18.7. The van der Waals surface area contributed by atoms with Gasteiger partial charge in [-0.1, -0.05) is 232 Å². The van der Waals surface area contributed by atoms with Crippen molar-refractivity contribution in [1.29, 1.82) is 0 Å². The highest BCUT2D eigenvalue weighted by molar-refractivity contribution is 5.99. The summed E-state index contributed by atoms with van der Waals surface area (Å²) < 4.78 is 0. The maximum atomic E-state index is 2.56. The van der Waals surface area contributed by atoms with Crippen molar-refractivity contribution in [2.75, 3.05) is 4.90 Å². The van der Waals surface area contributed by atoms with Gasteiger partial charge in [0.1, 0.15) is 0 Å². The third kappa shape index (κ3) is 5.17. The van der Waals surface area contributed by atoms with Crippen molar-refractivity contribution in [3.05, 3.63) is 304 Å². The zero-order valence-corrected chi connectivity index (χ0v) is 37.1. The minimum Gasteiger partial charge on any atom is -0.310 e. The van der Waals surface area contributed by atoms with E-state index < -0.39 is 10.8 Å². The molecule has 3 aliphatic rings. The number of nitrogens with zero attached hydrogens (tertiary/aromatic N) is 1. The van der Waals surface area contributed by atoms with Crippen molar-refractivity contribution < 1.29 is 0 Å². The van der Waals surface area contributed by atoms with E-state index in [0.717, 1.165) is 17.1 Å². The van der Waals surface area contributed by atoms with Gasteiger partial charge in [-0.05, 0) is 114 Å². The summed E-state index contributed by atoms with van der Waals surface area (Å²) in [5.41, 5.74) is 22.9. The molecule has 0 atom stereocenters. The summed E-state index contributed by atoms with van der Waals surface area (Å²) in [6, 6.07) is 93.2. The third-order valence-electron chi connectivity index (χ3n) is 15.2. The van der Waals surface area contributed by atoms with Gasteiger partial charge in [-0.2, -0.15) is 0 Å². The number of fused-ring (bicyclic) bond motifs is 9. The first kappa shape index (κ1) is 38.5. The molecule has 0 amide bonds. The zero-order valence-electron chi connectivity index (χ0n) is 37.1. The van der Waals surface area contributed by atoms with Crippen LogP contribution in [-0.2, 0) is 16.2 Å². The highest BCUT2D eigenvalue weighted by Crippen LogP contribution is 2.62. The van der Waals surface area contributed by atoms with E-state index in [1.165, 1.54) is 89.0 Å². The summed E-state index contributed by atoms with van der Waals surface area (Å²) in [6.45, 7) is 4.74. The van der Waals surface area contributed by atoms with Crippen LogP contribution in [0, 0.1) is 0 Å². The average Bonchev–Trinajstić information content (AvgIpc) is 3.95. The minimum absolute atomic E-state index is 0.108. The number of rotatable bonds is 7. The van der Waals surface area contributed by atoms with Gasteiger partial charge in [0.15, 0.2) is 0 Å². The van der Waals surface area contributed by atoms with Crippen molar-refractivity contribution >= 4 is 17.1 Å². The number of anilines is 3. The monoisotopic (exact) mass is 841 g/mol. The molecular formula is C65H47N. The molecule has 66 heavy (non-hydrogen) atoms. The molecule has 0 heterocycles. The first-order valence-corrected chi connectivity index (χ1v) is 23.3. The molecule has 1 heteroatoms. The second kappa shape index (κ2) is 14.5. The number of benzene rings is 10. The van der Waals surface area contributed by atoms with Crippen molar-refractivity contribution in [2.45, 2.75) is 30.1 Å². The maximum absolute atomic E-state index is 2.56. The summed E-state index contributed by atoms with van der Waals surface area (Å²) in [6.07, 6.45) is 0. The van der Waals surface area contributed by atoms with Crippen LogP contribution in [0.25, 0.3) is 33.4 Å². The lowest BCUT2D eigenvalue weighted by atomic mass is 9.67. The number of hydrogen-bond acceptors (Lipinski definition) is 1. The fourth-order valence-electron chi connectivity index (χ4n) is 12.5. The largest absolute Gasteiger partial charge is 0.310 e. The Morgan fingerprint density at radius 1 is 0.273 bits per heavy atom. The van der Waals surface area contributed by atoms with Gasteiger partial charge in [0.25, 0.3) is 0 Å². The molecule has 0 saturated carbocycles. The quantitative estimate of drug-likeness (QED) is 0.155. The molecule has 0 saturated heterocycles. The van der Waals surface area contributed by atoms with Crippen molar-refractivity contribution in [1.82, 2.24) is 0 Å². The molecule has 0 spiro atoms. The van der Waals surface area contributed by atoms with E-state index in [1.54, 1.807) is 0 Å². The van der Waals surface area contributed by atoms with Gasteiger partial charge >= 0.3 is 0 Å². The molecular weight excluding hydrogens is 795 g/mol. The smallest absolute Gasteiger partial charge is 0.0714 e. The van der Waals surface area contributed by atoms with E-state index in [1.807, 2.05) is 0 Å².